The lowest BCUT2D eigenvalue weighted by molar-refractivity contribution is 0.115. The van der Waals surface area contributed by atoms with Crippen LogP contribution in [0.4, 0.5) is 4.79 Å². The smallest absolute Gasteiger partial charge is 0.408 e. The molecule has 1 saturated heterocycles. The Bertz CT molecular complexity index is 730. The molecule has 1 unspecified atom stereocenters. The first-order valence-corrected chi connectivity index (χ1v) is 8.91. The van der Waals surface area contributed by atoms with Crippen LogP contribution in [0.15, 0.2) is 42.5 Å². The third kappa shape index (κ3) is 4.59. The van der Waals surface area contributed by atoms with Gasteiger partial charge in [0.05, 0.1) is 17.5 Å². The van der Waals surface area contributed by atoms with E-state index in [-0.39, 0.29) is 12.2 Å². The van der Waals surface area contributed by atoms with Crippen molar-refractivity contribution >= 4 is 6.09 Å². The monoisotopic (exact) mass is 355 g/mol. The third-order valence-electron chi connectivity index (χ3n) is 4.51. The molecule has 6 nitrogen and oxygen atoms in total. The highest BCUT2D eigenvalue weighted by atomic mass is 16.6. The van der Waals surface area contributed by atoms with Gasteiger partial charge in [-0.25, -0.2) is 4.79 Å². The van der Waals surface area contributed by atoms with E-state index in [0.29, 0.717) is 25.3 Å². The Labute approximate surface area is 154 Å². The molecule has 1 N–H and O–H groups in total. The third-order valence-corrected chi connectivity index (χ3v) is 4.51. The van der Waals surface area contributed by atoms with Gasteiger partial charge in [0, 0.05) is 39.7 Å². The van der Waals surface area contributed by atoms with Crippen LogP contribution in [0.1, 0.15) is 30.0 Å². The number of carbonyl (C=O) groups is 1. The summed E-state index contributed by atoms with van der Waals surface area (Å²) < 4.78 is 11.1. The summed E-state index contributed by atoms with van der Waals surface area (Å²) in [7, 11) is 1.65. The predicted molar refractivity (Wildman–Crippen MR) is 99.4 cm³/mol. The number of hydrogen-bond donors (Lipinski definition) is 1. The van der Waals surface area contributed by atoms with Gasteiger partial charge in [-0.15, -0.1) is 0 Å². The van der Waals surface area contributed by atoms with Gasteiger partial charge in [-0.1, -0.05) is 30.3 Å². The zero-order valence-corrected chi connectivity index (χ0v) is 15.3. The number of rotatable bonds is 5. The molecule has 0 bridgehead atoms. The number of piperazine rings is 1. The molecule has 1 aliphatic heterocycles. The highest BCUT2D eigenvalue weighted by Gasteiger charge is 2.20. The van der Waals surface area contributed by atoms with Gasteiger partial charge in [0.15, 0.2) is 5.75 Å². The molecule has 2 heterocycles. The summed E-state index contributed by atoms with van der Waals surface area (Å²) in [6.45, 7) is 4.82. The summed E-state index contributed by atoms with van der Waals surface area (Å²) in [6, 6.07) is 13.7. The second-order valence-corrected chi connectivity index (χ2v) is 6.33. The van der Waals surface area contributed by atoms with Gasteiger partial charge in [0.2, 0.25) is 0 Å². The number of methoxy groups -OCH3 is 1. The predicted octanol–water partition coefficient (Wildman–Crippen LogP) is 2.78. The lowest BCUT2D eigenvalue weighted by Crippen LogP contribution is -2.47. The summed E-state index contributed by atoms with van der Waals surface area (Å²) in [5.74, 6) is 0.504. The van der Waals surface area contributed by atoms with Crippen molar-refractivity contribution in [1.29, 1.82) is 0 Å². The van der Waals surface area contributed by atoms with E-state index in [0.717, 1.165) is 30.0 Å². The molecule has 6 heteroatoms. The Morgan fingerprint density at radius 2 is 1.92 bits per heavy atom. The van der Waals surface area contributed by atoms with Crippen LogP contribution in [0.25, 0.3) is 0 Å². The number of amides is 1. The van der Waals surface area contributed by atoms with Crippen LogP contribution in [0, 0.1) is 0 Å². The van der Waals surface area contributed by atoms with Crippen molar-refractivity contribution in [3.8, 4) is 5.75 Å². The van der Waals surface area contributed by atoms with E-state index in [9.17, 15) is 4.79 Å². The highest BCUT2D eigenvalue weighted by Crippen LogP contribution is 2.24. The molecule has 1 amide bonds. The summed E-state index contributed by atoms with van der Waals surface area (Å²) in [4.78, 5) is 18.9. The average molecular weight is 355 g/mol. The molecule has 1 fully saturated rings. The summed E-state index contributed by atoms with van der Waals surface area (Å²) in [5, 5.41) is 3.23. The largest absolute Gasteiger partial charge is 0.415 e. The Morgan fingerprint density at radius 1 is 1.19 bits per heavy atom. The van der Waals surface area contributed by atoms with Crippen molar-refractivity contribution in [2.24, 2.45) is 0 Å². The van der Waals surface area contributed by atoms with E-state index in [1.165, 1.54) is 0 Å². The molecular weight excluding hydrogens is 330 g/mol. The Morgan fingerprint density at radius 3 is 2.62 bits per heavy atom. The van der Waals surface area contributed by atoms with Gasteiger partial charge in [-0.2, -0.15) is 0 Å². The molecule has 0 aliphatic carbocycles. The maximum Gasteiger partial charge on any atom is 0.415 e. The number of hydrogen-bond acceptors (Lipinski definition) is 5. The first kappa shape index (κ1) is 18.4. The molecule has 0 spiro atoms. The Kier molecular flexibility index (Phi) is 6.20. The van der Waals surface area contributed by atoms with E-state index in [1.807, 2.05) is 49.4 Å². The number of aromatic nitrogens is 1. The van der Waals surface area contributed by atoms with Crippen molar-refractivity contribution < 1.29 is 14.3 Å². The summed E-state index contributed by atoms with van der Waals surface area (Å²) in [6.07, 6.45) is 0.146. The van der Waals surface area contributed by atoms with Crippen molar-refractivity contribution in [3.05, 3.63) is 59.4 Å². The minimum Gasteiger partial charge on any atom is -0.408 e. The van der Waals surface area contributed by atoms with Crippen molar-refractivity contribution in [3.63, 3.8) is 0 Å². The van der Waals surface area contributed by atoms with Crippen molar-refractivity contribution in [2.45, 2.75) is 19.4 Å². The second kappa shape index (κ2) is 8.78. The molecule has 138 valence electrons. The van der Waals surface area contributed by atoms with E-state index in [2.05, 4.69) is 5.32 Å². The van der Waals surface area contributed by atoms with E-state index >= 15 is 0 Å². The topological polar surface area (TPSA) is 63.7 Å². The fraction of sp³-hybridized carbons (Fsp3) is 0.400. The van der Waals surface area contributed by atoms with Gasteiger partial charge >= 0.3 is 6.09 Å². The standard InChI is InChI=1S/C20H25N3O3/c1-15(25-2)17-8-9-19(26-20(24)23-12-10-21-11-13-23)18(22-17)14-16-6-4-3-5-7-16/h3-9,15,21H,10-14H2,1-2H3. The lowest BCUT2D eigenvalue weighted by atomic mass is 10.1. The maximum atomic E-state index is 12.5. The van der Waals surface area contributed by atoms with Gasteiger partial charge in [0.1, 0.15) is 0 Å². The first-order valence-electron chi connectivity index (χ1n) is 8.91. The molecular formula is C20H25N3O3. The Hall–Kier alpha value is -2.44. The number of pyridine rings is 1. The van der Waals surface area contributed by atoms with Gasteiger partial charge in [-0.3, -0.25) is 4.98 Å². The fourth-order valence-electron chi connectivity index (χ4n) is 2.87. The van der Waals surface area contributed by atoms with E-state index in [1.54, 1.807) is 12.0 Å². The molecule has 0 saturated carbocycles. The van der Waals surface area contributed by atoms with Crippen LogP contribution in [-0.4, -0.2) is 49.3 Å². The minimum absolute atomic E-state index is 0.123. The number of carbonyl (C=O) groups excluding carboxylic acids is 1. The van der Waals surface area contributed by atoms with Gasteiger partial charge < -0.3 is 19.7 Å². The maximum absolute atomic E-state index is 12.5. The number of nitrogens with zero attached hydrogens (tertiary/aromatic N) is 2. The second-order valence-electron chi connectivity index (χ2n) is 6.33. The molecule has 1 aromatic heterocycles. The van der Waals surface area contributed by atoms with E-state index in [4.69, 9.17) is 14.5 Å². The fourth-order valence-corrected chi connectivity index (χ4v) is 2.87. The van der Waals surface area contributed by atoms with Crippen LogP contribution in [0.5, 0.6) is 5.75 Å². The Balaban J connectivity index is 1.83. The number of ether oxygens (including phenoxy) is 2. The van der Waals surface area contributed by atoms with Crippen LogP contribution in [0.3, 0.4) is 0 Å². The van der Waals surface area contributed by atoms with Crippen molar-refractivity contribution in [1.82, 2.24) is 15.2 Å². The molecule has 2 aromatic rings. The van der Waals surface area contributed by atoms with E-state index < -0.39 is 0 Å². The van der Waals surface area contributed by atoms with Gasteiger partial charge in [-0.05, 0) is 24.6 Å². The molecule has 1 aromatic carbocycles. The molecule has 1 atom stereocenters. The highest BCUT2D eigenvalue weighted by molar-refractivity contribution is 5.71. The number of nitrogens with one attached hydrogen (secondary N) is 1. The average Bonchev–Trinajstić information content (AvgIpc) is 2.70. The summed E-state index contributed by atoms with van der Waals surface area (Å²) >= 11 is 0. The van der Waals surface area contributed by atoms with Gasteiger partial charge in [0.25, 0.3) is 0 Å². The van der Waals surface area contributed by atoms with Crippen LogP contribution < -0.4 is 10.1 Å². The minimum atomic E-state index is -0.324. The molecule has 1 aliphatic rings. The molecule has 26 heavy (non-hydrogen) atoms. The lowest BCUT2D eigenvalue weighted by Gasteiger charge is -2.26. The number of benzene rings is 1. The zero-order valence-electron chi connectivity index (χ0n) is 15.3. The quantitative estimate of drug-likeness (QED) is 0.893. The van der Waals surface area contributed by atoms with Crippen LogP contribution >= 0.6 is 0 Å². The SMILES string of the molecule is COC(C)c1ccc(OC(=O)N2CCNCC2)c(Cc2ccccc2)n1. The van der Waals surface area contributed by atoms with Crippen LogP contribution in [0.2, 0.25) is 0 Å². The summed E-state index contributed by atoms with van der Waals surface area (Å²) in [5.41, 5.74) is 2.67. The molecule has 3 rings (SSSR count). The first-order chi connectivity index (χ1) is 12.7. The van der Waals surface area contributed by atoms with Crippen molar-refractivity contribution in [2.75, 3.05) is 33.3 Å². The zero-order chi connectivity index (χ0) is 18.4. The normalized spacial score (nSPS) is 15.5. The molecule has 0 radical (unpaired) electrons. The van der Waals surface area contributed by atoms with Crippen LogP contribution in [-0.2, 0) is 11.2 Å².